The molecule has 3 rings (SSSR count). The molecule has 5 N–H and O–H groups in total. The van der Waals surface area contributed by atoms with Crippen molar-refractivity contribution in [3.8, 4) is 11.4 Å². The maximum Gasteiger partial charge on any atom is 0.277 e. The zero-order valence-corrected chi connectivity index (χ0v) is 16.4. The lowest BCUT2D eigenvalue weighted by atomic mass is 10.0. The van der Waals surface area contributed by atoms with Gasteiger partial charge in [-0.15, -0.1) is 12.4 Å². The van der Waals surface area contributed by atoms with Gasteiger partial charge >= 0.3 is 0 Å². The van der Waals surface area contributed by atoms with E-state index in [1.54, 1.807) is 24.3 Å². The standard InChI is InChI=1S/C18H21N7O2.ClH/c1-3-12-13(4-2)22-25-18(27)15(12)17(26)20-11-7-5-10(6-8-11)16-21-14(9-19)23-24-16;/h5-8H,3-4,9,19H2,1-2H3,(H,20,26)(H,25,27)(H,21,23,24);1H. The summed E-state index contributed by atoms with van der Waals surface area (Å²) in [6.07, 6.45) is 1.19. The monoisotopic (exact) mass is 403 g/mol. The second kappa shape index (κ2) is 9.25. The number of nitrogens with zero attached hydrogens (tertiary/aromatic N) is 3. The molecule has 10 heteroatoms. The van der Waals surface area contributed by atoms with Crippen LogP contribution in [0.25, 0.3) is 11.4 Å². The molecule has 1 amide bonds. The number of carbonyl (C=O) groups excluding carboxylic acids is 1. The van der Waals surface area contributed by atoms with Crippen LogP contribution in [0.4, 0.5) is 5.69 Å². The molecule has 0 saturated carbocycles. The van der Waals surface area contributed by atoms with Crippen molar-refractivity contribution in [1.82, 2.24) is 25.4 Å². The van der Waals surface area contributed by atoms with Crippen LogP contribution < -0.4 is 16.6 Å². The molecule has 3 aromatic rings. The number of halogens is 1. The van der Waals surface area contributed by atoms with E-state index in [-0.39, 0.29) is 24.5 Å². The van der Waals surface area contributed by atoms with Gasteiger partial charge in [0.2, 0.25) is 0 Å². The van der Waals surface area contributed by atoms with Crippen molar-refractivity contribution in [3.63, 3.8) is 0 Å². The first-order chi connectivity index (χ1) is 13.1. The quantitative estimate of drug-likeness (QED) is 0.494. The van der Waals surface area contributed by atoms with Crippen molar-refractivity contribution in [3.05, 3.63) is 57.3 Å². The van der Waals surface area contributed by atoms with Gasteiger partial charge in [0.25, 0.3) is 11.5 Å². The van der Waals surface area contributed by atoms with E-state index in [4.69, 9.17) is 5.73 Å². The second-order valence-electron chi connectivity index (χ2n) is 5.90. The summed E-state index contributed by atoms with van der Waals surface area (Å²) in [7, 11) is 0. The largest absolute Gasteiger partial charge is 0.324 e. The minimum atomic E-state index is -0.492. The summed E-state index contributed by atoms with van der Waals surface area (Å²) >= 11 is 0. The number of H-pyrrole nitrogens is 2. The van der Waals surface area contributed by atoms with Gasteiger partial charge in [0, 0.05) is 11.3 Å². The number of nitrogens with one attached hydrogen (secondary N) is 3. The van der Waals surface area contributed by atoms with Gasteiger partial charge < -0.3 is 11.1 Å². The van der Waals surface area contributed by atoms with E-state index < -0.39 is 11.5 Å². The molecule has 2 aromatic heterocycles. The molecular weight excluding hydrogens is 382 g/mol. The lowest BCUT2D eigenvalue weighted by Gasteiger charge is -2.11. The maximum atomic E-state index is 12.7. The van der Waals surface area contributed by atoms with Gasteiger partial charge in [-0.25, -0.2) is 10.1 Å². The predicted octanol–water partition coefficient (Wildman–Crippen LogP) is 1.81. The lowest BCUT2D eigenvalue weighted by Crippen LogP contribution is -2.27. The van der Waals surface area contributed by atoms with Crippen molar-refractivity contribution in [2.75, 3.05) is 5.32 Å². The molecule has 0 saturated heterocycles. The first kappa shape index (κ1) is 21.3. The Balaban J connectivity index is 0.00000280. The van der Waals surface area contributed by atoms with Gasteiger partial charge in [0.05, 0.1) is 12.2 Å². The number of hydrogen-bond donors (Lipinski definition) is 4. The molecular formula is C18H22ClN7O2. The molecule has 0 aliphatic carbocycles. The van der Waals surface area contributed by atoms with Gasteiger partial charge in [-0.1, -0.05) is 13.8 Å². The zero-order valence-electron chi connectivity index (χ0n) is 15.6. The number of benzene rings is 1. The molecule has 148 valence electrons. The molecule has 9 nitrogen and oxygen atoms in total. The third-order valence-corrected chi connectivity index (χ3v) is 4.21. The average Bonchev–Trinajstić information content (AvgIpc) is 3.17. The van der Waals surface area contributed by atoms with Gasteiger partial charge in [-0.2, -0.15) is 10.2 Å². The third kappa shape index (κ3) is 4.26. The van der Waals surface area contributed by atoms with Crippen LogP contribution in [-0.2, 0) is 19.4 Å². The molecule has 1 aromatic carbocycles. The van der Waals surface area contributed by atoms with Crippen LogP contribution in [0.3, 0.4) is 0 Å². The van der Waals surface area contributed by atoms with Gasteiger partial charge in [-0.3, -0.25) is 14.7 Å². The van der Waals surface area contributed by atoms with E-state index in [0.717, 1.165) is 11.3 Å². The van der Waals surface area contributed by atoms with Gasteiger partial charge in [0.15, 0.2) is 5.82 Å². The number of nitrogens with two attached hydrogens (primary N) is 1. The fraction of sp³-hybridized carbons (Fsp3) is 0.278. The number of aryl methyl sites for hydroxylation is 1. The number of carbonyl (C=O) groups is 1. The maximum absolute atomic E-state index is 12.7. The Hall–Kier alpha value is -3.04. The number of amides is 1. The highest BCUT2D eigenvalue weighted by Gasteiger charge is 2.19. The van der Waals surface area contributed by atoms with Crippen LogP contribution >= 0.6 is 12.4 Å². The summed E-state index contributed by atoms with van der Waals surface area (Å²) < 4.78 is 0. The van der Waals surface area contributed by atoms with Crippen LogP contribution in [0, 0.1) is 0 Å². The van der Waals surface area contributed by atoms with Gasteiger partial charge in [-0.05, 0) is 42.7 Å². The van der Waals surface area contributed by atoms with Crippen LogP contribution in [0.2, 0.25) is 0 Å². The number of aromatic amines is 2. The van der Waals surface area contributed by atoms with Crippen LogP contribution in [-0.4, -0.2) is 31.3 Å². The number of aromatic nitrogens is 5. The Labute approximate surface area is 167 Å². The van der Waals surface area contributed by atoms with E-state index in [9.17, 15) is 9.59 Å². The van der Waals surface area contributed by atoms with Crippen molar-refractivity contribution >= 4 is 24.0 Å². The molecule has 0 fully saturated rings. The summed E-state index contributed by atoms with van der Waals surface area (Å²) in [6.45, 7) is 4.11. The summed E-state index contributed by atoms with van der Waals surface area (Å²) in [5.41, 5.74) is 7.87. The third-order valence-electron chi connectivity index (χ3n) is 4.21. The van der Waals surface area contributed by atoms with Crippen LogP contribution in [0.15, 0.2) is 29.1 Å². The number of anilines is 1. The molecule has 0 aliphatic rings. The fourth-order valence-corrected chi connectivity index (χ4v) is 2.85. The molecule has 0 aliphatic heterocycles. The molecule has 28 heavy (non-hydrogen) atoms. The van der Waals surface area contributed by atoms with E-state index in [2.05, 4.69) is 30.7 Å². The van der Waals surface area contributed by atoms with E-state index >= 15 is 0 Å². The van der Waals surface area contributed by atoms with Crippen LogP contribution in [0.1, 0.15) is 41.3 Å². The highest BCUT2D eigenvalue weighted by Crippen LogP contribution is 2.19. The average molecular weight is 404 g/mol. The van der Waals surface area contributed by atoms with Crippen molar-refractivity contribution in [2.45, 2.75) is 33.2 Å². The van der Waals surface area contributed by atoms with Crippen molar-refractivity contribution in [1.29, 1.82) is 0 Å². The minimum absolute atomic E-state index is 0. The van der Waals surface area contributed by atoms with E-state index in [1.807, 2.05) is 13.8 Å². The van der Waals surface area contributed by atoms with Gasteiger partial charge in [0.1, 0.15) is 11.4 Å². The molecule has 0 unspecified atom stereocenters. The minimum Gasteiger partial charge on any atom is -0.324 e. The Morgan fingerprint density at radius 3 is 2.39 bits per heavy atom. The SMILES string of the molecule is CCc1n[nH]c(=O)c(C(=O)Nc2ccc(-c3n[nH]c(CN)n3)cc2)c1CC.Cl. The normalized spacial score (nSPS) is 10.4. The first-order valence-electron chi connectivity index (χ1n) is 8.70. The summed E-state index contributed by atoms with van der Waals surface area (Å²) in [5.74, 6) is 0.666. The van der Waals surface area contributed by atoms with Crippen molar-refractivity contribution in [2.24, 2.45) is 5.73 Å². The predicted molar refractivity (Wildman–Crippen MR) is 109 cm³/mol. The van der Waals surface area contributed by atoms with Crippen molar-refractivity contribution < 1.29 is 4.79 Å². The molecule has 0 radical (unpaired) electrons. The molecule has 0 bridgehead atoms. The van der Waals surface area contributed by atoms with Crippen LogP contribution in [0.5, 0.6) is 0 Å². The summed E-state index contributed by atoms with van der Waals surface area (Å²) in [4.78, 5) is 29.1. The fourth-order valence-electron chi connectivity index (χ4n) is 2.85. The molecule has 2 heterocycles. The lowest BCUT2D eigenvalue weighted by molar-refractivity contribution is 0.102. The van der Waals surface area contributed by atoms with E-state index in [1.165, 1.54) is 0 Å². The topological polar surface area (TPSA) is 142 Å². The van der Waals surface area contributed by atoms with E-state index in [0.29, 0.717) is 35.7 Å². The smallest absolute Gasteiger partial charge is 0.277 e. The Bertz CT molecular complexity index is 1010. The Morgan fingerprint density at radius 2 is 1.82 bits per heavy atom. The first-order valence-corrected chi connectivity index (χ1v) is 8.70. The second-order valence-corrected chi connectivity index (χ2v) is 5.90. The number of rotatable bonds is 6. The highest BCUT2D eigenvalue weighted by atomic mass is 35.5. The zero-order chi connectivity index (χ0) is 19.4. The highest BCUT2D eigenvalue weighted by molar-refractivity contribution is 6.05. The summed E-state index contributed by atoms with van der Waals surface area (Å²) in [5, 5.41) is 16.0. The Morgan fingerprint density at radius 1 is 1.11 bits per heavy atom. The number of hydrogen-bond acceptors (Lipinski definition) is 6. The summed E-state index contributed by atoms with van der Waals surface area (Å²) in [6, 6.07) is 7.03. The Kier molecular flexibility index (Phi) is 7.02. The molecule has 0 atom stereocenters. The molecule has 0 spiro atoms.